The molecule has 0 fully saturated rings. The molecule has 1 aromatic rings. The van der Waals surface area contributed by atoms with E-state index in [1.54, 1.807) is 41.4 Å². The first-order chi connectivity index (χ1) is 12.7. The fourth-order valence-corrected chi connectivity index (χ4v) is 3.61. The number of thioether (sulfide) groups is 1. The summed E-state index contributed by atoms with van der Waals surface area (Å²) >= 11 is 1.55. The zero-order chi connectivity index (χ0) is 18.2. The smallest absolute Gasteiger partial charge is 0.291 e. The van der Waals surface area contributed by atoms with Crippen molar-refractivity contribution in [1.29, 1.82) is 0 Å². The van der Waals surface area contributed by atoms with E-state index in [0.717, 1.165) is 25.0 Å². The molecule has 0 atom stereocenters. The molecule has 26 heavy (non-hydrogen) atoms. The van der Waals surface area contributed by atoms with Crippen LogP contribution in [0.3, 0.4) is 0 Å². The van der Waals surface area contributed by atoms with Crippen LogP contribution in [0, 0.1) is 0 Å². The Balaban J connectivity index is 1.52. The van der Waals surface area contributed by atoms with Crippen molar-refractivity contribution < 1.29 is 14.3 Å². The third kappa shape index (κ3) is 5.39. The van der Waals surface area contributed by atoms with Gasteiger partial charge in [0.1, 0.15) is 0 Å². The van der Waals surface area contributed by atoms with E-state index in [1.807, 2.05) is 0 Å². The summed E-state index contributed by atoms with van der Waals surface area (Å²) < 4.78 is 5.34. The van der Waals surface area contributed by atoms with Crippen LogP contribution >= 0.6 is 11.8 Å². The van der Waals surface area contributed by atoms with Crippen molar-refractivity contribution in [2.24, 2.45) is 0 Å². The van der Waals surface area contributed by atoms with E-state index in [9.17, 15) is 9.59 Å². The molecule has 1 aliphatic heterocycles. The number of rotatable bonds is 6. The molecule has 0 saturated carbocycles. The maximum Gasteiger partial charge on any atom is 0.291 e. The number of amides is 2. The fraction of sp³-hybridized carbons (Fsp3) is 0.400. The quantitative estimate of drug-likeness (QED) is 0.745. The Morgan fingerprint density at radius 2 is 2.12 bits per heavy atom. The topological polar surface area (TPSA) is 67.4 Å². The van der Waals surface area contributed by atoms with Crippen LogP contribution < -0.4 is 10.6 Å². The van der Waals surface area contributed by atoms with Crippen molar-refractivity contribution in [3.8, 4) is 0 Å². The average molecular weight is 372 g/mol. The third-order valence-corrected chi connectivity index (χ3v) is 5.16. The minimum absolute atomic E-state index is 0.124. The number of benzene rings is 1. The summed E-state index contributed by atoms with van der Waals surface area (Å²) in [5.41, 5.74) is 2.56. The van der Waals surface area contributed by atoms with Crippen molar-refractivity contribution in [2.75, 3.05) is 24.2 Å². The number of anilines is 1. The number of hydrogen-bond acceptors (Lipinski definition) is 4. The summed E-state index contributed by atoms with van der Waals surface area (Å²) in [4.78, 5) is 24.5. The SMILES string of the molecule is O=C(Nc1cccc(C(=O)NCCC2=CCCCC2)c1)C1=CSCCO1. The minimum atomic E-state index is -0.293. The summed E-state index contributed by atoms with van der Waals surface area (Å²) in [6.45, 7) is 1.17. The van der Waals surface area contributed by atoms with Gasteiger partial charge in [-0.25, -0.2) is 0 Å². The number of nitrogens with one attached hydrogen (secondary N) is 2. The second-order valence-electron chi connectivity index (χ2n) is 6.35. The highest BCUT2D eigenvalue weighted by molar-refractivity contribution is 8.02. The van der Waals surface area contributed by atoms with Gasteiger partial charge in [-0.15, -0.1) is 11.8 Å². The molecule has 5 nitrogen and oxygen atoms in total. The molecule has 0 spiro atoms. The summed E-state index contributed by atoms with van der Waals surface area (Å²) in [5.74, 6) is 0.751. The first-order valence-electron chi connectivity index (χ1n) is 9.04. The maximum absolute atomic E-state index is 12.3. The van der Waals surface area contributed by atoms with Gasteiger partial charge in [0.25, 0.3) is 11.8 Å². The molecule has 2 aliphatic rings. The largest absolute Gasteiger partial charge is 0.487 e. The first kappa shape index (κ1) is 18.6. The second kappa shape index (κ2) is 9.48. The van der Waals surface area contributed by atoms with Crippen LogP contribution in [0.1, 0.15) is 42.5 Å². The molecule has 0 saturated heterocycles. The summed E-state index contributed by atoms with van der Waals surface area (Å²) in [6, 6.07) is 6.96. The van der Waals surface area contributed by atoms with E-state index in [4.69, 9.17) is 4.74 Å². The van der Waals surface area contributed by atoms with Crippen molar-refractivity contribution in [3.63, 3.8) is 0 Å². The molecule has 2 amide bonds. The van der Waals surface area contributed by atoms with E-state index in [-0.39, 0.29) is 11.8 Å². The molecule has 0 aromatic heterocycles. The molecule has 138 valence electrons. The zero-order valence-electron chi connectivity index (χ0n) is 14.8. The Morgan fingerprint density at radius 1 is 1.19 bits per heavy atom. The van der Waals surface area contributed by atoms with E-state index >= 15 is 0 Å². The van der Waals surface area contributed by atoms with Gasteiger partial charge in [0.15, 0.2) is 5.76 Å². The average Bonchev–Trinajstić information content (AvgIpc) is 2.69. The monoisotopic (exact) mass is 372 g/mol. The van der Waals surface area contributed by atoms with Gasteiger partial charge in [0.2, 0.25) is 0 Å². The molecular formula is C20H24N2O3S. The van der Waals surface area contributed by atoms with Crippen LogP contribution in [0.5, 0.6) is 0 Å². The summed E-state index contributed by atoms with van der Waals surface area (Å²) in [5, 5.41) is 7.46. The predicted molar refractivity (Wildman–Crippen MR) is 105 cm³/mol. The summed E-state index contributed by atoms with van der Waals surface area (Å²) in [6.07, 6.45) is 8.03. The summed E-state index contributed by atoms with van der Waals surface area (Å²) in [7, 11) is 0. The van der Waals surface area contributed by atoms with Gasteiger partial charge < -0.3 is 15.4 Å². The van der Waals surface area contributed by atoms with Crippen molar-refractivity contribution in [2.45, 2.75) is 32.1 Å². The van der Waals surface area contributed by atoms with Crippen molar-refractivity contribution >= 4 is 29.3 Å². The number of ether oxygens (including phenoxy) is 1. The molecule has 1 aliphatic carbocycles. The van der Waals surface area contributed by atoms with Gasteiger partial charge >= 0.3 is 0 Å². The maximum atomic E-state index is 12.3. The van der Waals surface area contributed by atoms with E-state index in [1.165, 1.54) is 18.4 Å². The number of allylic oxidation sites excluding steroid dienone is 1. The van der Waals surface area contributed by atoms with Crippen LogP contribution in [0.25, 0.3) is 0 Å². The van der Waals surface area contributed by atoms with Crippen LogP contribution in [0.15, 0.2) is 47.1 Å². The third-order valence-electron chi connectivity index (χ3n) is 4.37. The lowest BCUT2D eigenvalue weighted by molar-refractivity contribution is -0.116. The predicted octanol–water partition coefficient (Wildman–Crippen LogP) is 3.85. The van der Waals surface area contributed by atoms with Crippen LogP contribution in [-0.4, -0.2) is 30.7 Å². The van der Waals surface area contributed by atoms with Gasteiger partial charge in [0.05, 0.1) is 6.61 Å². The number of carbonyl (C=O) groups excluding carboxylic acids is 2. The van der Waals surface area contributed by atoms with Crippen molar-refractivity contribution in [3.05, 3.63) is 52.6 Å². The lowest BCUT2D eigenvalue weighted by Gasteiger charge is -2.15. The Kier molecular flexibility index (Phi) is 6.77. The Morgan fingerprint density at radius 3 is 2.88 bits per heavy atom. The number of carbonyl (C=O) groups is 2. The van der Waals surface area contributed by atoms with Crippen LogP contribution in [0.4, 0.5) is 5.69 Å². The van der Waals surface area contributed by atoms with Gasteiger partial charge in [0, 0.05) is 29.0 Å². The van der Waals surface area contributed by atoms with Gasteiger partial charge in [-0.1, -0.05) is 17.7 Å². The molecule has 0 unspecified atom stereocenters. The highest BCUT2D eigenvalue weighted by atomic mass is 32.2. The minimum Gasteiger partial charge on any atom is -0.487 e. The normalized spacial score (nSPS) is 16.8. The molecule has 1 aromatic carbocycles. The van der Waals surface area contributed by atoms with Gasteiger partial charge in [-0.05, 0) is 50.3 Å². The van der Waals surface area contributed by atoms with Crippen molar-refractivity contribution in [1.82, 2.24) is 5.32 Å². The van der Waals surface area contributed by atoms with E-state index in [0.29, 0.717) is 30.2 Å². The lowest BCUT2D eigenvalue weighted by Crippen LogP contribution is -2.25. The first-order valence-corrected chi connectivity index (χ1v) is 10.1. The molecule has 2 N–H and O–H groups in total. The molecule has 0 radical (unpaired) electrons. The van der Waals surface area contributed by atoms with Gasteiger partial charge in [-0.2, -0.15) is 0 Å². The molecule has 3 rings (SSSR count). The number of hydrogen-bond donors (Lipinski definition) is 2. The van der Waals surface area contributed by atoms with E-state index in [2.05, 4.69) is 16.7 Å². The second-order valence-corrected chi connectivity index (χ2v) is 7.33. The molecular weight excluding hydrogens is 348 g/mol. The van der Waals surface area contributed by atoms with Crippen LogP contribution in [-0.2, 0) is 9.53 Å². The molecule has 1 heterocycles. The Bertz CT molecular complexity index is 728. The standard InChI is InChI=1S/C20H24N2O3S/c23-19(21-10-9-15-5-2-1-3-6-15)16-7-4-8-17(13-16)22-20(24)18-14-26-12-11-25-18/h4-5,7-8,13-14H,1-3,6,9-12H2,(H,21,23)(H,22,24). The van der Waals surface area contributed by atoms with Gasteiger partial charge in [-0.3, -0.25) is 9.59 Å². The van der Waals surface area contributed by atoms with Crippen LogP contribution in [0.2, 0.25) is 0 Å². The molecule has 6 heteroatoms. The zero-order valence-corrected chi connectivity index (χ0v) is 15.6. The Labute approximate surface area is 158 Å². The molecule has 0 bridgehead atoms. The Hall–Kier alpha value is -2.21. The highest BCUT2D eigenvalue weighted by Crippen LogP contribution is 2.20. The van der Waals surface area contributed by atoms with E-state index < -0.39 is 0 Å². The fourth-order valence-electron chi connectivity index (χ4n) is 2.99. The highest BCUT2D eigenvalue weighted by Gasteiger charge is 2.15. The lowest BCUT2D eigenvalue weighted by atomic mass is 9.97.